The number of aliphatic carboxylic acids is 1. The summed E-state index contributed by atoms with van der Waals surface area (Å²) in [6.45, 7) is 0. The summed E-state index contributed by atoms with van der Waals surface area (Å²) < 4.78 is 0. The topological polar surface area (TPSA) is 66.4 Å². The number of thiophene rings is 1. The first kappa shape index (κ1) is 22.1. The molecule has 6 heteroatoms. The van der Waals surface area contributed by atoms with Crippen LogP contribution < -0.4 is 5.32 Å². The van der Waals surface area contributed by atoms with Gasteiger partial charge in [0.15, 0.2) is 6.04 Å². The molecular weight excluding hydrogens is 414 g/mol. The maximum absolute atomic E-state index is 12.9. The van der Waals surface area contributed by atoms with Crippen molar-refractivity contribution < 1.29 is 14.7 Å². The molecule has 0 bridgehead atoms. The van der Waals surface area contributed by atoms with Crippen LogP contribution in [0.5, 0.6) is 0 Å². The molecule has 2 N–H and O–H groups in total. The lowest BCUT2D eigenvalue weighted by Crippen LogP contribution is -2.38. The van der Waals surface area contributed by atoms with Crippen molar-refractivity contribution in [3.05, 3.63) is 93.7 Å². The van der Waals surface area contributed by atoms with Gasteiger partial charge < -0.3 is 10.4 Å². The molecule has 2 unspecified atom stereocenters. The summed E-state index contributed by atoms with van der Waals surface area (Å²) in [5, 5.41) is 14.5. The van der Waals surface area contributed by atoms with Gasteiger partial charge in [-0.25, -0.2) is 4.79 Å². The van der Waals surface area contributed by atoms with Gasteiger partial charge in [0.25, 0.3) is 0 Å². The summed E-state index contributed by atoms with van der Waals surface area (Å²) in [6.07, 6.45) is 1.99. The second-order valence-corrected chi connectivity index (χ2v) is 8.47. The van der Waals surface area contributed by atoms with Crippen LogP contribution in [-0.2, 0) is 22.4 Å². The fourth-order valence-electron chi connectivity index (χ4n) is 3.35. The van der Waals surface area contributed by atoms with Gasteiger partial charge >= 0.3 is 5.97 Å². The Kier molecular flexibility index (Phi) is 8.11. The zero-order valence-corrected chi connectivity index (χ0v) is 18.2. The SMILES string of the molecule is O=C(NC(C(=O)O)c1sccc1Cc1ccccc1)C(CS)CCc1ccccc1. The molecule has 0 spiro atoms. The highest BCUT2D eigenvalue weighted by Gasteiger charge is 2.28. The summed E-state index contributed by atoms with van der Waals surface area (Å²) in [6, 6.07) is 20.7. The van der Waals surface area contributed by atoms with E-state index in [4.69, 9.17) is 0 Å². The number of aryl methyl sites for hydroxylation is 1. The highest BCUT2D eigenvalue weighted by molar-refractivity contribution is 7.80. The molecule has 3 rings (SSSR count). The zero-order valence-electron chi connectivity index (χ0n) is 16.5. The standard InChI is InChI=1S/C24H25NO3S2/c26-23(20(16-29)12-11-17-7-3-1-4-8-17)25-21(24(27)28)22-19(13-14-30-22)15-18-9-5-2-6-10-18/h1-10,13-14,20-21,29H,11-12,15-16H2,(H,25,26)(H,27,28). The third-order valence-corrected chi connectivity index (χ3v) is 6.49. The quantitative estimate of drug-likeness (QED) is 0.399. The molecule has 1 heterocycles. The number of carboxylic acid groups (broad SMARTS) is 1. The molecule has 0 radical (unpaired) electrons. The molecule has 0 aliphatic heterocycles. The monoisotopic (exact) mass is 439 g/mol. The summed E-state index contributed by atoms with van der Waals surface area (Å²) in [5.41, 5.74) is 3.17. The van der Waals surface area contributed by atoms with Gasteiger partial charge in [-0.1, -0.05) is 60.7 Å². The van der Waals surface area contributed by atoms with E-state index in [1.807, 2.05) is 72.1 Å². The Morgan fingerprint density at radius 2 is 1.60 bits per heavy atom. The van der Waals surface area contributed by atoms with Crippen LogP contribution in [0.1, 0.15) is 34.0 Å². The molecule has 30 heavy (non-hydrogen) atoms. The predicted molar refractivity (Wildman–Crippen MR) is 124 cm³/mol. The maximum Gasteiger partial charge on any atom is 0.331 e. The lowest BCUT2D eigenvalue weighted by Gasteiger charge is -2.20. The first-order valence-corrected chi connectivity index (χ1v) is 11.4. The fraction of sp³-hybridized carbons (Fsp3) is 0.250. The van der Waals surface area contributed by atoms with Crippen molar-refractivity contribution in [1.82, 2.24) is 5.32 Å². The van der Waals surface area contributed by atoms with Crippen molar-refractivity contribution in [2.24, 2.45) is 5.92 Å². The smallest absolute Gasteiger partial charge is 0.331 e. The van der Waals surface area contributed by atoms with Gasteiger partial charge in [-0.2, -0.15) is 12.6 Å². The molecule has 156 valence electrons. The molecule has 0 saturated carbocycles. The second-order valence-electron chi connectivity index (χ2n) is 7.16. The van der Waals surface area contributed by atoms with E-state index in [0.29, 0.717) is 23.5 Å². The number of hydrogen-bond donors (Lipinski definition) is 3. The first-order valence-electron chi connectivity index (χ1n) is 9.86. The van der Waals surface area contributed by atoms with Crippen LogP contribution in [-0.4, -0.2) is 22.7 Å². The minimum atomic E-state index is -1.06. The minimum Gasteiger partial charge on any atom is -0.479 e. The molecule has 0 saturated heterocycles. The largest absolute Gasteiger partial charge is 0.479 e. The van der Waals surface area contributed by atoms with E-state index in [9.17, 15) is 14.7 Å². The lowest BCUT2D eigenvalue weighted by atomic mass is 9.99. The number of nitrogens with one attached hydrogen (secondary N) is 1. The average Bonchev–Trinajstić information content (AvgIpc) is 3.21. The van der Waals surface area contributed by atoms with Gasteiger partial charge in [0, 0.05) is 16.5 Å². The molecule has 0 aliphatic carbocycles. The van der Waals surface area contributed by atoms with Gasteiger partial charge in [0.2, 0.25) is 5.91 Å². The molecule has 2 atom stereocenters. The zero-order chi connectivity index (χ0) is 21.3. The van der Waals surface area contributed by atoms with Gasteiger partial charge in [-0.3, -0.25) is 4.79 Å². The van der Waals surface area contributed by atoms with Crippen LogP contribution in [0.25, 0.3) is 0 Å². The van der Waals surface area contributed by atoms with E-state index >= 15 is 0 Å². The fourth-order valence-corrected chi connectivity index (χ4v) is 4.67. The van der Waals surface area contributed by atoms with Crippen LogP contribution in [0.3, 0.4) is 0 Å². The van der Waals surface area contributed by atoms with Gasteiger partial charge in [-0.15, -0.1) is 11.3 Å². The number of carboxylic acids is 1. The van der Waals surface area contributed by atoms with Crippen molar-refractivity contribution in [3.8, 4) is 0 Å². The molecule has 0 fully saturated rings. The van der Waals surface area contributed by atoms with E-state index in [0.717, 1.165) is 23.1 Å². The summed E-state index contributed by atoms with van der Waals surface area (Å²) in [5.74, 6) is -1.31. The molecule has 1 aromatic heterocycles. The highest BCUT2D eigenvalue weighted by Crippen LogP contribution is 2.28. The Hall–Kier alpha value is -2.57. The third-order valence-electron chi connectivity index (χ3n) is 5.03. The Labute approximate surface area is 186 Å². The second kappa shape index (κ2) is 11.0. The van der Waals surface area contributed by atoms with Gasteiger partial charge in [0.05, 0.1) is 0 Å². The molecular formula is C24H25NO3S2. The van der Waals surface area contributed by atoms with Crippen LogP contribution in [0.4, 0.5) is 0 Å². The third kappa shape index (κ3) is 5.97. The van der Waals surface area contributed by atoms with Crippen LogP contribution in [0.2, 0.25) is 0 Å². The summed E-state index contributed by atoms with van der Waals surface area (Å²) in [4.78, 5) is 25.5. The van der Waals surface area contributed by atoms with Crippen LogP contribution in [0, 0.1) is 5.92 Å². The first-order chi connectivity index (χ1) is 14.6. The minimum absolute atomic E-state index is 0.271. The number of benzene rings is 2. The van der Waals surface area contributed by atoms with Crippen LogP contribution in [0.15, 0.2) is 72.1 Å². The maximum atomic E-state index is 12.9. The molecule has 0 aliphatic rings. The molecule has 1 amide bonds. The van der Waals surface area contributed by atoms with E-state index in [1.165, 1.54) is 11.3 Å². The predicted octanol–water partition coefficient (Wildman–Crippen LogP) is 4.76. The summed E-state index contributed by atoms with van der Waals surface area (Å²) >= 11 is 5.69. The number of thiol groups is 1. The van der Waals surface area contributed by atoms with E-state index < -0.39 is 12.0 Å². The Morgan fingerprint density at radius 1 is 0.967 bits per heavy atom. The number of hydrogen-bond acceptors (Lipinski definition) is 4. The molecule has 3 aromatic rings. The number of amides is 1. The van der Waals surface area contributed by atoms with Crippen molar-refractivity contribution >= 4 is 35.8 Å². The normalized spacial score (nSPS) is 12.8. The highest BCUT2D eigenvalue weighted by atomic mass is 32.1. The van der Waals surface area contributed by atoms with Crippen LogP contribution >= 0.6 is 24.0 Å². The Balaban J connectivity index is 1.70. The molecule has 2 aromatic carbocycles. The lowest BCUT2D eigenvalue weighted by molar-refractivity contribution is -0.142. The van der Waals surface area contributed by atoms with Crippen molar-refractivity contribution in [2.45, 2.75) is 25.3 Å². The van der Waals surface area contributed by atoms with Gasteiger partial charge in [-0.05, 0) is 47.4 Å². The van der Waals surface area contributed by atoms with E-state index in [1.54, 1.807) is 0 Å². The number of carbonyl (C=O) groups excluding carboxylic acids is 1. The average molecular weight is 440 g/mol. The van der Waals surface area contributed by atoms with Crippen molar-refractivity contribution in [3.63, 3.8) is 0 Å². The summed E-state index contributed by atoms with van der Waals surface area (Å²) in [7, 11) is 0. The Morgan fingerprint density at radius 3 is 2.20 bits per heavy atom. The van der Waals surface area contributed by atoms with E-state index in [-0.39, 0.29) is 11.8 Å². The molecule has 4 nitrogen and oxygen atoms in total. The van der Waals surface area contributed by atoms with Crippen molar-refractivity contribution in [2.75, 3.05) is 5.75 Å². The van der Waals surface area contributed by atoms with E-state index in [2.05, 4.69) is 17.9 Å². The van der Waals surface area contributed by atoms with Crippen molar-refractivity contribution in [1.29, 1.82) is 0 Å². The number of rotatable bonds is 10. The Bertz CT molecular complexity index is 957. The number of carbonyl (C=O) groups is 2. The van der Waals surface area contributed by atoms with Gasteiger partial charge in [0.1, 0.15) is 0 Å².